The summed E-state index contributed by atoms with van der Waals surface area (Å²) in [7, 11) is 0. The highest BCUT2D eigenvalue weighted by Crippen LogP contribution is 2.19. The van der Waals surface area contributed by atoms with Gasteiger partial charge in [-0.1, -0.05) is 160 Å². The Hall–Kier alpha value is -1.90. The van der Waals surface area contributed by atoms with Crippen molar-refractivity contribution in [1.29, 1.82) is 0 Å². The average molecular weight is 523 g/mol. The van der Waals surface area contributed by atoms with Crippen molar-refractivity contribution in [2.75, 3.05) is 6.61 Å². The van der Waals surface area contributed by atoms with E-state index in [1.165, 1.54) is 140 Å². The van der Waals surface area contributed by atoms with E-state index in [0.717, 1.165) is 30.2 Å². The number of nitrogens with zero attached hydrogens (tertiary/aromatic N) is 2. The van der Waals surface area contributed by atoms with Crippen molar-refractivity contribution in [1.82, 2.24) is 9.97 Å². The van der Waals surface area contributed by atoms with E-state index in [1.54, 1.807) is 0 Å². The van der Waals surface area contributed by atoms with E-state index in [1.807, 2.05) is 12.4 Å². The van der Waals surface area contributed by atoms with Crippen molar-refractivity contribution < 1.29 is 4.74 Å². The molecule has 0 atom stereocenters. The molecule has 0 unspecified atom stereocenters. The maximum atomic E-state index is 5.86. The highest BCUT2D eigenvalue weighted by molar-refractivity contribution is 5.55. The van der Waals surface area contributed by atoms with Gasteiger partial charge in [0.2, 0.25) is 0 Å². The topological polar surface area (TPSA) is 35.0 Å². The van der Waals surface area contributed by atoms with Crippen molar-refractivity contribution in [2.45, 2.75) is 155 Å². The first-order chi connectivity index (χ1) is 18.8. The van der Waals surface area contributed by atoms with Gasteiger partial charge in [0.25, 0.3) is 0 Å². The molecule has 0 aliphatic heterocycles. The van der Waals surface area contributed by atoms with E-state index in [9.17, 15) is 0 Å². The quantitative estimate of drug-likeness (QED) is 0.122. The zero-order valence-electron chi connectivity index (χ0n) is 25.0. The van der Waals surface area contributed by atoms with Crippen LogP contribution in [0.15, 0.2) is 36.7 Å². The predicted molar refractivity (Wildman–Crippen MR) is 165 cm³/mol. The Balaban J connectivity index is 1.50. The Morgan fingerprint density at radius 1 is 0.500 bits per heavy atom. The van der Waals surface area contributed by atoms with Crippen LogP contribution in [-0.2, 0) is 6.42 Å². The summed E-state index contributed by atoms with van der Waals surface area (Å²) in [5.41, 5.74) is 2.50. The van der Waals surface area contributed by atoms with E-state index < -0.39 is 0 Å². The molecule has 0 saturated carbocycles. The lowest BCUT2D eigenvalue weighted by atomic mass is 10.0. The number of aromatic nitrogens is 2. The van der Waals surface area contributed by atoms with Gasteiger partial charge in [0, 0.05) is 5.56 Å². The van der Waals surface area contributed by atoms with Crippen LogP contribution >= 0.6 is 0 Å². The van der Waals surface area contributed by atoms with E-state index in [2.05, 4.69) is 48.1 Å². The van der Waals surface area contributed by atoms with Crippen molar-refractivity contribution >= 4 is 0 Å². The number of benzene rings is 1. The van der Waals surface area contributed by atoms with Gasteiger partial charge in [0.05, 0.1) is 19.0 Å². The largest absolute Gasteiger partial charge is 0.490 e. The molecular weight excluding hydrogens is 464 g/mol. The van der Waals surface area contributed by atoms with Gasteiger partial charge in [-0.25, -0.2) is 9.97 Å². The van der Waals surface area contributed by atoms with Gasteiger partial charge in [-0.05, 0) is 24.8 Å². The molecule has 0 saturated heterocycles. The highest BCUT2D eigenvalue weighted by atomic mass is 16.5. The highest BCUT2D eigenvalue weighted by Gasteiger charge is 2.03. The van der Waals surface area contributed by atoms with Gasteiger partial charge in [0.1, 0.15) is 0 Å². The Labute approximate surface area is 235 Å². The zero-order chi connectivity index (χ0) is 26.9. The van der Waals surface area contributed by atoms with Crippen LogP contribution in [0.2, 0.25) is 0 Å². The SMILES string of the molecule is CCCCCCCCCCCCCCc1ccc(-c2ncc(OCCCCCCCCCCC)cn2)cc1. The van der Waals surface area contributed by atoms with Crippen LogP contribution in [0, 0.1) is 0 Å². The van der Waals surface area contributed by atoms with Crippen LogP contribution in [0.3, 0.4) is 0 Å². The fourth-order valence-electron chi connectivity index (χ4n) is 5.13. The molecule has 0 aliphatic rings. The van der Waals surface area contributed by atoms with Gasteiger partial charge in [-0.3, -0.25) is 0 Å². The standard InChI is InChI=1S/C35H58N2O/c1-3-5-7-9-11-13-14-15-16-18-20-22-24-32-25-27-33(28-26-32)35-36-30-34(31-37-35)38-29-23-21-19-17-12-10-8-6-4-2/h25-28,30-31H,3-24,29H2,1-2H3. The van der Waals surface area contributed by atoms with Crippen LogP contribution in [0.4, 0.5) is 0 Å². The summed E-state index contributed by atoms with van der Waals surface area (Å²) in [5, 5.41) is 0. The molecule has 214 valence electrons. The summed E-state index contributed by atoms with van der Waals surface area (Å²) < 4.78 is 5.86. The molecular formula is C35H58N2O. The number of aryl methyl sites for hydroxylation is 1. The number of rotatable bonds is 25. The predicted octanol–water partition coefficient (Wildman–Crippen LogP) is 11.3. The monoisotopic (exact) mass is 522 g/mol. The molecule has 0 aliphatic carbocycles. The van der Waals surface area contributed by atoms with Crippen LogP contribution < -0.4 is 4.74 Å². The van der Waals surface area contributed by atoms with E-state index in [0.29, 0.717) is 0 Å². The summed E-state index contributed by atoms with van der Waals surface area (Å²) in [5.74, 6) is 1.55. The Bertz CT molecular complexity index is 772. The summed E-state index contributed by atoms with van der Waals surface area (Å²) in [6, 6.07) is 8.80. The first kappa shape index (κ1) is 32.3. The van der Waals surface area contributed by atoms with Crippen LogP contribution in [0.5, 0.6) is 5.75 Å². The maximum Gasteiger partial charge on any atom is 0.159 e. The molecule has 0 fully saturated rings. The molecule has 0 bridgehead atoms. The third kappa shape index (κ3) is 16.1. The molecule has 0 N–H and O–H groups in total. The summed E-state index contributed by atoms with van der Waals surface area (Å²) in [6.45, 7) is 5.32. The molecule has 0 radical (unpaired) electrons. The molecule has 0 amide bonds. The molecule has 3 nitrogen and oxygen atoms in total. The average Bonchev–Trinajstić information content (AvgIpc) is 2.95. The minimum atomic E-state index is 0.756. The second-order valence-electron chi connectivity index (χ2n) is 11.3. The fraction of sp³-hybridized carbons (Fsp3) is 0.714. The van der Waals surface area contributed by atoms with Crippen LogP contribution in [0.25, 0.3) is 11.4 Å². The van der Waals surface area contributed by atoms with Gasteiger partial charge < -0.3 is 4.74 Å². The Morgan fingerprint density at radius 3 is 1.39 bits per heavy atom. The molecule has 0 spiro atoms. The van der Waals surface area contributed by atoms with Crippen molar-refractivity contribution in [2.24, 2.45) is 0 Å². The normalized spacial score (nSPS) is 11.2. The maximum absolute atomic E-state index is 5.86. The number of ether oxygens (including phenoxy) is 1. The Morgan fingerprint density at radius 2 is 0.921 bits per heavy atom. The molecule has 1 aromatic carbocycles. The smallest absolute Gasteiger partial charge is 0.159 e. The molecule has 38 heavy (non-hydrogen) atoms. The van der Waals surface area contributed by atoms with E-state index >= 15 is 0 Å². The third-order valence-electron chi connectivity index (χ3n) is 7.68. The Kier molecular flexibility index (Phi) is 19.6. The number of unbranched alkanes of at least 4 members (excludes halogenated alkanes) is 19. The lowest BCUT2D eigenvalue weighted by molar-refractivity contribution is 0.302. The fourth-order valence-corrected chi connectivity index (χ4v) is 5.13. The van der Waals surface area contributed by atoms with Gasteiger partial charge in [-0.2, -0.15) is 0 Å². The minimum absolute atomic E-state index is 0.756. The van der Waals surface area contributed by atoms with Crippen LogP contribution in [-0.4, -0.2) is 16.6 Å². The third-order valence-corrected chi connectivity index (χ3v) is 7.68. The summed E-state index contributed by atoms with van der Waals surface area (Å²) in [4.78, 5) is 9.08. The van der Waals surface area contributed by atoms with Crippen molar-refractivity contribution in [3.05, 3.63) is 42.2 Å². The zero-order valence-corrected chi connectivity index (χ0v) is 25.0. The van der Waals surface area contributed by atoms with Gasteiger partial charge in [-0.15, -0.1) is 0 Å². The lowest BCUT2D eigenvalue weighted by Crippen LogP contribution is -1.99. The first-order valence-electron chi connectivity index (χ1n) is 16.4. The van der Waals surface area contributed by atoms with Gasteiger partial charge in [0.15, 0.2) is 11.6 Å². The summed E-state index contributed by atoms with van der Waals surface area (Å²) in [6.07, 6.45) is 33.6. The van der Waals surface area contributed by atoms with Gasteiger partial charge >= 0.3 is 0 Å². The molecule has 1 heterocycles. The second-order valence-corrected chi connectivity index (χ2v) is 11.3. The van der Waals surface area contributed by atoms with E-state index in [4.69, 9.17) is 4.74 Å². The molecule has 2 aromatic rings. The number of hydrogen-bond donors (Lipinski definition) is 0. The van der Waals surface area contributed by atoms with E-state index in [-0.39, 0.29) is 0 Å². The molecule has 2 rings (SSSR count). The summed E-state index contributed by atoms with van der Waals surface area (Å²) >= 11 is 0. The minimum Gasteiger partial charge on any atom is -0.490 e. The van der Waals surface area contributed by atoms with Crippen LogP contribution in [0.1, 0.15) is 154 Å². The lowest BCUT2D eigenvalue weighted by Gasteiger charge is -2.07. The number of hydrogen-bond acceptors (Lipinski definition) is 3. The molecule has 3 heteroatoms. The second kappa shape index (κ2) is 23.0. The van der Waals surface area contributed by atoms with Crippen molar-refractivity contribution in [3.63, 3.8) is 0 Å². The molecule has 1 aromatic heterocycles. The first-order valence-corrected chi connectivity index (χ1v) is 16.4. The van der Waals surface area contributed by atoms with Crippen molar-refractivity contribution in [3.8, 4) is 17.1 Å².